The lowest BCUT2D eigenvalue weighted by Gasteiger charge is -2.24. The molecule has 4 heteroatoms. The molecule has 0 aliphatic heterocycles. The highest BCUT2D eigenvalue weighted by Gasteiger charge is 2.34. The van der Waals surface area contributed by atoms with Crippen molar-refractivity contribution in [3.63, 3.8) is 0 Å². The summed E-state index contributed by atoms with van der Waals surface area (Å²) in [5.74, 6) is 3.40. The van der Waals surface area contributed by atoms with E-state index in [4.69, 9.17) is 5.73 Å². The van der Waals surface area contributed by atoms with E-state index in [1.165, 1.54) is 25.7 Å². The summed E-state index contributed by atoms with van der Waals surface area (Å²) in [6.45, 7) is 3.23. The predicted molar refractivity (Wildman–Crippen MR) is 68.9 cm³/mol. The van der Waals surface area contributed by atoms with Crippen LogP contribution >= 0.6 is 0 Å². The molecule has 2 aliphatic rings. The van der Waals surface area contributed by atoms with Crippen LogP contribution in [0.4, 0.5) is 11.6 Å². The van der Waals surface area contributed by atoms with E-state index in [2.05, 4.69) is 21.8 Å². The van der Waals surface area contributed by atoms with E-state index < -0.39 is 0 Å². The normalized spacial score (nSPS) is 19.4. The molecular weight excluding hydrogens is 212 g/mol. The lowest BCUT2D eigenvalue weighted by atomic mass is 10.3. The number of nitrogens with two attached hydrogens (primary N) is 1. The SMILES string of the molecule is CCc1nc(N)cc(N(CC2CC2)C2CC2)n1. The summed E-state index contributed by atoms with van der Waals surface area (Å²) in [5, 5.41) is 0. The molecule has 2 aliphatic carbocycles. The van der Waals surface area contributed by atoms with Gasteiger partial charge in [-0.1, -0.05) is 6.92 Å². The fourth-order valence-electron chi connectivity index (χ4n) is 2.20. The van der Waals surface area contributed by atoms with Gasteiger partial charge in [0.25, 0.3) is 0 Å². The van der Waals surface area contributed by atoms with Crippen LogP contribution in [-0.4, -0.2) is 22.6 Å². The molecule has 92 valence electrons. The lowest BCUT2D eigenvalue weighted by molar-refractivity contribution is 0.704. The van der Waals surface area contributed by atoms with Gasteiger partial charge in [-0.25, -0.2) is 9.97 Å². The van der Waals surface area contributed by atoms with E-state index in [0.29, 0.717) is 11.9 Å². The van der Waals surface area contributed by atoms with Gasteiger partial charge in [-0.2, -0.15) is 0 Å². The quantitative estimate of drug-likeness (QED) is 0.843. The van der Waals surface area contributed by atoms with Gasteiger partial charge < -0.3 is 10.6 Å². The maximum atomic E-state index is 5.86. The van der Waals surface area contributed by atoms with Crippen LogP contribution in [-0.2, 0) is 6.42 Å². The van der Waals surface area contributed by atoms with Crippen LogP contribution in [0, 0.1) is 5.92 Å². The highest BCUT2D eigenvalue weighted by Crippen LogP contribution is 2.37. The van der Waals surface area contributed by atoms with Gasteiger partial charge in [-0.3, -0.25) is 0 Å². The molecule has 0 aromatic carbocycles. The molecular formula is C13H20N4. The standard InChI is InChI=1S/C13H20N4/c1-2-12-15-11(14)7-13(16-12)17(10-5-6-10)8-9-3-4-9/h7,9-10H,2-6,8H2,1H3,(H2,14,15,16). The van der Waals surface area contributed by atoms with Crippen molar-refractivity contribution >= 4 is 11.6 Å². The van der Waals surface area contributed by atoms with Crippen molar-refractivity contribution in [2.45, 2.75) is 45.1 Å². The van der Waals surface area contributed by atoms with E-state index in [1.54, 1.807) is 0 Å². The molecule has 0 amide bonds. The van der Waals surface area contributed by atoms with Gasteiger partial charge >= 0.3 is 0 Å². The van der Waals surface area contributed by atoms with Gasteiger partial charge in [0.05, 0.1) is 0 Å². The van der Waals surface area contributed by atoms with Crippen LogP contribution in [0.3, 0.4) is 0 Å². The van der Waals surface area contributed by atoms with Crippen molar-refractivity contribution in [1.29, 1.82) is 0 Å². The van der Waals surface area contributed by atoms with Crippen LogP contribution < -0.4 is 10.6 Å². The minimum Gasteiger partial charge on any atom is -0.384 e. The Hall–Kier alpha value is -1.32. The maximum absolute atomic E-state index is 5.86. The summed E-state index contributed by atoms with van der Waals surface area (Å²) in [6.07, 6.45) is 6.21. The molecule has 0 spiro atoms. The number of rotatable bonds is 5. The van der Waals surface area contributed by atoms with Crippen LogP contribution in [0.1, 0.15) is 38.4 Å². The molecule has 1 aromatic heterocycles. The van der Waals surface area contributed by atoms with Crippen molar-refractivity contribution in [3.8, 4) is 0 Å². The second kappa shape index (κ2) is 4.17. The van der Waals surface area contributed by atoms with Gasteiger partial charge in [-0.05, 0) is 31.6 Å². The predicted octanol–water partition coefficient (Wildman–Crippen LogP) is 2.00. The molecule has 0 unspecified atom stereocenters. The molecule has 1 aromatic rings. The number of aryl methyl sites for hydroxylation is 1. The smallest absolute Gasteiger partial charge is 0.134 e. The Labute approximate surface area is 102 Å². The highest BCUT2D eigenvalue weighted by atomic mass is 15.2. The Kier molecular flexibility index (Phi) is 2.65. The molecule has 17 heavy (non-hydrogen) atoms. The van der Waals surface area contributed by atoms with Crippen LogP contribution in [0.25, 0.3) is 0 Å². The first kappa shape index (κ1) is 10.8. The number of nitrogens with zero attached hydrogens (tertiary/aromatic N) is 3. The molecule has 2 fully saturated rings. The zero-order valence-electron chi connectivity index (χ0n) is 10.4. The Morgan fingerprint density at radius 3 is 2.65 bits per heavy atom. The van der Waals surface area contributed by atoms with E-state index in [0.717, 1.165) is 30.5 Å². The first-order valence-electron chi connectivity index (χ1n) is 6.66. The molecule has 4 nitrogen and oxygen atoms in total. The molecule has 3 rings (SSSR count). The molecule has 0 radical (unpaired) electrons. The van der Waals surface area contributed by atoms with Gasteiger partial charge in [0.15, 0.2) is 0 Å². The van der Waals surface area contributed by atoms with Gasteiger partial charge in [0.2, 0.25) is 0 Å². The summed E-state index contributed by atoms with van der Waals surface area (Å²) in [7, 11) is 0. The first-order chi connectivity index (χ1) is 8.26. The lowest BCUT2D eigenvalue weighted by Crippen LogP contribution is -2.29. The average Bonchev–Trinajstić information content (AvgIpc) is 3.16. The third-order valence-electron chi connectivity index (χ3n) is 3.53. The Bertz CT molecular complexity index is 410. The summed E-state index contributed by atoms with van der Waals surface area (Å²) >= 11 is 0. The molecule has 0 saturated heterocycles. The fourth-order valence-corrected chi connectivity index (χ4v) is 2.20. The second-order valence-electron chi connectivity index (χ2n) is 5.25. The average molecular weight is 232 g/mol. The molecule has 2 saturated carbocycles. The van der Waals surface area contributed by atoms with Crippen molar-refractivity contribution < 1.29 is 0 Å². The third kappa shape index (κ3) is 2.51. The maximum Gasteiger partial charge on any atom is 0.134 e. The number of aromatic nitrogens is 2. The van der Waals surface area contributed by atoms with Crippen LogP contribution in [0.2, 0.25) is 0 Å². The zero-order chi connectivity index (χ0) is 11.8. The van der Waals surface area contributed by atoms with Gasteiger partial charge in [-0.15, -0.1) is 0 Å². The van der Waals surface area contributed by atoms with E-state index in [-0.39, 0.29) is 0 Å². The van der Waals surface area contributed by atoms with Crippen molar-refractivity contribution in [2.75, 3.05) is 17.2 Å². The van der Waals surface area contributed by atoms with Crippen LogP contribution in [0.15, 0.2) is 6.07 Å². The minimum atomic E-state index is 0.605. The van der Waals surface area contributed by atoms with E-state index >= 15 is 0 Å². The third-order valence-corrected chi connectivity index (χ3v) is 3.53. The summed E-state index contributed by atoms with van der Waals surface area (Å²) in [4.78, 5) is 11.3. The number of nitrogen functional groups attached to an aromatic ring is 1. The number of hydrogen-bond acceptors (Lipinski definition) is 4. The number of anilines is 2. The van der Waals surface area contributed by atoms with Crippen molar-refractivity contribution in [1.82, 2.24) is 9.97 Å². The first-order valence-corrected chi connectivity index (χ1v) is 6.66. The fraction of sp³-hybridized carbons (Fsp3) is 0.692. The molecule has 2 N–H and O–H groups in total. The molecule has 0 atom stereocenters. The Balaban J connectivity index is 1.85. The van der Waals surface area contributed by atoms with E-state index in [9.17, 15) is 0 Å². The minimum absolute atomic E-state index is 0.605. The van der Waals surface area contributed by atoms with Gasteiger partial charge in [0, 0.05) is 25.1 Å². The van der Waals surface area contributed by atoms with Crippen molar-refractivity contribution in [2.24, 2.45) is 5.92 Å². The molecule has 0 bridgehead atoms. The second-order valence-corrected chi connectivity index (χ2v) is 5.25. The summed E-state index contributed by atoms with van der Waals surface area (Å²) in [5.41, 5.74) is 5.86. The zero-order valence-corrected chi connectivity index (χ0v) is 10.4. The Morgan fingerprint density at radius 2 is 2.06 bits per heavy atom. The summed E-state index contributed by atoms with van der Waals surface area (Å²) < 4.78 is 0. The number of hydrogen-bond donors (Lipinski definition) is 1. The summed E-state index contributed by atoms with van der Waals surface area (Å²) in [6, 6.07) is 2.63. The van der Waals surface area contributed by atoms with E-state index in [1.807, 2.05) is 6.07 Å². The largest absolute Gasteiger partial charge is 0.384 e. The highest BCUT2D eigenvalue weighted by molar-refractivity contribution is 5.49. The Morgan fingerprint density at radius 1 is 1.29 bits per heavy atom. The molecule has 1 heterocycles. The monoisotopic (exact) mass is 232 g/mol. The van der Waals surface area contributed by atoms with Gasteiger partial charge in [0.1, 0.15) is 17.5 Å². The van der Waals surface area contributed by atoms with Crippen molar-refractivity contribution in [3.05, 3.63) is 11.9 Å². The van der Waals surface area contributed by atoms with Crippen LogP contribution in [0.5, 0.6) is 0 Å². The topological polar surface area (TPSA) is 55.0 Å².